The molecule has 36 heavy (non-hydrogen) atoms. The van der Waals surface area contributed by atoms with Crippen LogP contribution < -0.4 is 5.32 Å². The third-order valence-corrected chi connectivity index (χ3v) is 6.58. The van der Waals surface area contributed by atoms with Crippen molar-refractivity contribution in [2.45, 2.75) is 37.6 Å². The quantitative estimate of drug-likeness (QED) is 0.335. The Bertz CT molecular complexity index is 1230. The number of esters is 2. The van der Waals surface area contributed by atoms with E-state index in [1.807, 2.05) is 17.6 Å². The summed E-state index contributed by atoms with van der Waals surface area (Å²) in [4.78, 5) is 36.8. The zero-order valence-corrected chi connectivity index (χ0v) is 20.9. The number of hydrogen-bond donors (Lipinski definition) is 1. The number of carbonyl (C=O) groups is 3. The van der Waals surface area contributed by atoms with Gasteiger partial charge >= 0.3 is 11.9 Å². The van der Waals surface area contributed by atoms with Gasteiger partial charge in [-0.1, -0.05) is 11.8 Å². The van der Waals surface area contributed by atoms with Crippen molar-refractivity contribution in [1.29, 1.82) is 0 Å². The summed E-state index contributed by atoms with van der Waals surface area (Å²) >= 11 is 1.22. The van der Waals surface area contributed by atoms with E-state index in [0.717, 1.165) is 30.8 Å². The zero-order valence-electron chi connectivity index (χ0n) is 20.1. The Balaban J connectivity index is 1.51. The molecule has 1 aliphatic rings. The first-order valence-corrected chi connectivity index (χ1v) is 12.2. The molecular formula is C24H26N4O7S. The third-order valence-electron chi connectivity index (χ3n) is 5.62. The lowest BCUT2D eigenvalue weighted by Gasteiger charge is -2.14. The standard InChI is InChI=1S/C24H26N4O7S/c1-14-19(6-8-34-14)21-26-27-24(28(21)12-18-5-4-7-35-18)36-13-20(29)25-17-10-15(22(30)32-2)9-16(11-17)23(31)33-3/h6,8-11,18H,4-5,7,12-13H2,1-3H3,(H,25,29). The smallest absolute Gasteiger partial charge is 0.337 e. The molecule has 1 saturated heterocycles. The number of ether oxygens (including phenoxy) is 3. The van der Waals surface area contributed by atoms with Crippen LogP contribution in [0.3, 0.4) is 0 Å². The fraction of sp³-hybridized carbons (Fsp3) is 0.375. The maximum absolute atomic E-state index is 12.8. The minimum Gasteiger partial charge on any atom is -0.469 e. The van der Waals surface area contributed by atoms with Crippen LogP contribution in [0.1, 0.15) is 39.3 Å². The highest BCUT2D eigenvalue weighted by molar-refractivity contribution is 7.99. The molecule has 1 atom stereocenters. The molecule has 12 heteroatoms. The Morgan fingerprint density at radius 1 is 1.14 bits per heavy atom. The lowest BCUT2D eigenvalue weighted by Crippen LogP contribution is -2.18. The molecule has 1 aromatic carbocycles. The van der Waals surface area contributed by atoms with Crippen LogP contribution in [-0.2, 0) is 25.5 Å². The van der Waals surface area contributed by atoms with Crippen LogP contribution in [0, 0.1) is 6.92 Å². The van der Waals surface area contributed by atoms with Crippen LogP contribution in [0.25, 0.3) is 11.4 Å². The van der Waals surface area contributed by atoms with E-state index in [1.54, 1.807) is 6.26 Å². The van der Waals surface area contributed by atoms with Gasteiger partial charge in [-0.15, -0.1) is 10.2 Å². The topological polar surface area (TPSA) is 135 Å². The first-order valence-electron chi connectivity index (χ1n) is 11.2. The van der Waals surface area contributed by atoms with E-state index in [-0.39, 0.29) is 34.6 Å². The second-order valence-corrected chi connectivity index (χ2v) is 9.00. The summed E-state index contributed by atoms with van der Waals surface area (Å²) in [5.74, 6) is -0.259. The average Bonchev–Trinajstić information content (AvgIpc) is 3.63. The van der Waals surface area contributed by atoms with Crippen molar-refractivity contribution in [3.05, 3.63) is 47.4 Å². The molecule has 1 unspecified atom stereocenters. The first kappa shape index (κ1) is 25.5. The molecule has 2 aromatic heterocycles. The van der Waals surface area contributed by atoms with Gasteiger partial charge in [0.1, 0.15) is 5.76 Å². The highest BCUT2D eigenvalue weighted by atomic mass is 32.2. The Hall–Kier alpha value is -3.64. The number of amides is 1. The van der Waals surface area contributed by atoms with Crippen molar-refractivity contribution in [2.75, 3.05) is 31.9 Å². The van der Waals surface area contributed by atoms with Gasteiger partial charge < -0.3 is 23.9 Å². The van der Waals surface area contributed by atoms with E-state index in [2.05, 4.69) is 15.5 Å². The molecule has 11 nitrogen and oxygen atoms in total. The number of carbonyl (C=O) groups excluding carboxylic acids is 3. The molecule has 1 fully saturated rings. The predicted molar refractivity (Wildman–Crippen MR) is 130 cm³/mol. The van der Waals surface area contributed by atoms with Gasteiger partial charge in [-0.05, 0) is 44.0 Å². The highest BCUT2D eigenvalue weighted by Crippen LogP contribution is 2.29. The lowest BCUT2D eigenvalue weighted by molar-refractivity contribution is -0.113. The summed E-state index contributed by atoms with van der Waals surface area (Å²) in [6.07, 6.45) is 3.57. The second kappa shape index (κ2) is 11.4. The van der Waals surface area contributed by atoms with E-state index in [9.17, 15) is 14.4 Å². The van der Waals surface area contributed by atoms with Crippen molar-refractivity contribution in [3.8, 4) is 11.4 Å². The van der Waals surface area contributed by atoms with Gasteiger partial charge in [-0.3, -0.25) is 9.36 Å². The molecule has 1 aliphatic heterocycles. The average molecular weight is 515 g/mol. The second-order valence-electron chi connectivity index (χ2n) is 8.06. The van der Waals surface area contributed by atoms with Gasteiger partial charge in [0.25, 0.3) is 0 Å². The maximum Gasteiger partial charge on any atom is 0.337 e. The predicted octanol–water partition coefficient (Wildman–Crippen LogP) is 3.33. The number of hydrogen-bond acceptors (Lipinski definition) is 10. The Morgan fingerprint density at radius 2 is 1.86 bits per heavy atom. The van der Waals surface area contributed by atoms with Crippen molar-refractivity contribution in [1.82, 2.24) is 14.8 Å². The van der Waals surface area contributed by atoms with Crippen molar-refractivity contribution in [3.63, 3.8) is 0 Å². The molecule has 1 amide bonds. The van der Waals surface area contributed by atoms with Crippen LogP contribution in [0.4, 0.5) is 5.69 Å². The molecule has 3 aromatic rings. The lowest BCUT2D eigenvalue weighted by atomic mass is 10.1. The minimum atomic E-state index is -0.644. The summed E-state index contributed by atoms with van der Waals surface area (Å²) in [6, 6.07) is 6.04. The van der Waals surface area contributed by atoms with Crippen molar-refractivity contribution < 1.29 is 33.0 Å². The molecule has 0 radical (unpaired) electrons. The summed E-state index contributed by atoms with van der Waals surface area (Å²) < 4.78 is 22.7. The van der Waals surface area contributed by atoms with Gasteiger partial charge in [-0.2, -0.15) is 0 Å². The van der Waals surface area contributed by atoms with Gasteiger partial charge in [-0.25, -0.2) is 9.59 Å². The fourth-order valence-electron chi connectivity index (χ4n) is 3.87. The molecule has 0 bridgehead atoms. The largest absolute Gasteiger partial charge is 0.469 e. The number of furan rings is 1. The molecule has 190 valence electrons. The normalized spacial score (nSPS) is 15.0. The number of rotatable bonds is 9. The van der Waals surface area contributed by atoms with E-state index in [4.69, 9.17) is 18.6 Å². The molecule has 0 spiro atoms. The van der Waals surface area contributed by atoms with E-state index < -0.39 is 11.9 Å². The Morgan fingerprint density at radius 3 is 2.44 bits per heavy atom. The molecule has 0 saturated carbocycles. The SMILES string of the molecule is COC(=O)c1cc(NC(=O)CSc2nnc(-c3ccoc3C)n2CC2CCCO2)cc(C(=O)OC)c1. The summed E-state index contributed by atoms with van der Waals surface area (Å²) in [5, 5.41) is 11.9. The molecular weight excluding hydrogens is 488 g/mol. The van der Waals surface area contributed by atoms with E-state index >= 15 is 0 Å². The number of aryl methyl sites for hydroxylation is 1. The molecule has 4 rings (SSSR count). The highest BCUT2D eigenvalue weighted by Gasteiger charge is 2.24. The van der Waals surface area contributed by atoms with Crippen LogP contribution in [0.2, 0.25) is 0 Å². The number of nitrogens with zero attached hydrogens (tertiary/aromatic N) is 3. The third kappa shape index (κ3) is 5.77. The van der Waals surface area contributed by atoms with Crippen molar-refractivity contribution in [2.24, 2.45) is 0 Å². The van der Waals surface area contributed by atoms with E-state index in [1.165, 1.54) is 44.2 Å². The van der Waals surface area contributed by atoms with Crippen LogP contribution >= 0.6 is 11.8 Å². The van der Waals surface area contributed by atoms with Crippen LogP contribution in [-0.4, -0.2) is 65.3 Å². The zero-order chi connectivity index (χ0) is 25.7. The number of thioether (sulfide) groups is 1. The fourth-order valence-corrected chi connectivity index (χ4v) is 4.61. The Labute approximate surface area is 211 Å². The van der Waals surface area contributed by atoms with Gasteiger partial charge in [0.15, 0.2) is 11.0 Å². The van der Waals surface area contributed by atoms with E-state index in [0.29, 0.717) is 17.5 Å². The van der Waals surface area contributed by atoms with Crippen molar-refractivity contribution >= 4 is 35.3 Å². The minimum absolute atomic E-state index is 0.0179. The van der Waals surface area contributed by atoms with Gasteiger partial charge in [0.05, 0.1) is 55.6 Å². The number of aromatic nitrogens is 3. The van der Waals surface area contributed by atoms with Crippen LogP contribution in [0.5, 0.6) is 0 Å². The molecule has 0 aliphatic carbocycles. The number of methoxy groups -OCH3 is 2. The first-order chi connectivity index (χ1) is 17.4. The summed E-state index contributed by atoms with van der Waals surface area (Å²) in [7, 11) is 2.46. The number of anilines is 1. The number of benzene rings is 1. The summed E-state index contributed by atoms with van der Waals surface area (Å²) in [5.41, 5.74) is 1.31. The Kier molecular flexibility index (Phi) is 8.06. The maximum atomic E-state index is 12.8. The van der Waals surface area contributed by atoms with Gasteiger partial charge in [0.2, 0.25) is 5.91 Å². The number of nitrogens with one attached hydrogen (secondary N) is 1. The van der Waals surface area contributed by atoms with Crippen LogP contribution in [0.15, 0.2) is 40.1 Å². The molecule has 1 N–H and O–H groups in total. The molecule has 3 heterocycles. The monoisotopic (exact) mass is 514 g/mol. The van der Waals surface area contributed by atoms with Gasteiger partial charge in [0, 0.05) is 12.3 Å². The summed E-state index contributed by atoms with van der Waals surface area (Å²) in [6.45, 7) is 3.13.